The van der Waals surface area contributed by atoms with E-state index in [-0.39, 0.29) is 24.4 Å². The molecule has 11 heteroatoms. The fourth-order valence-corrected chi connectivity index (χ4v) is 2.76. The van der Waals surface area contributed by atoms with Crippen LogP contribution in [0.15, 0.2) is 29.8 Å². The van der Waals surface area contributed by atoms with Crippen molar-refractivity contribution in [3.8, 4) is 0 Å². The Bertz CT molecular complexity index is 841. The number of nitrogens with zero attached hydrogens (tertiary/aromatic N) is 1. The number of pyridine rings is 1. The van der Waals surface area contributed by atoms with E-state index < -0.39 is 35.2 Å². The molecule has 1 amide bonds. The highest BCUT2D eigenvalue weighted by molar-refractivity contribution is 7.12. The minimum Gasteiger partial charge on any atom is -0.456 e. The number of carbonyl (C=O) groups is 3. The van der Waals surface area contributed by atoms with Crippen LogP contribution in [0.1, 0.15) is 28.1 Å². The topological polar surface area (TPSA) is 85.4 Å². The van der Waals surface area contributed by atoms with Crippen LogP contribution in [0.2, 0.25) is 5.02 Å². The Morgan fingerprint density at radius 1 is 1.26 bits per heavy atom. The second-order valence-electron chi connectivity index (χ2n) is 5.16. The third kappa shape index (κ3) is 6.33. The number of nitrogens with one attached hydrogen (secondary N) is 1. The number of alkyl halides is 3. The van der Waals surface area contributed by atoms with E-state index in [1.807, 2.05) is 0 Å². The van der Waals surface area contributed by atoms with Crippen molar-refractivity contribution in [2.45, 2.75) is 19.0 Å². The van der Waals surface area contributed by atoms with Gasteiger partial charge in [-0.2, -0.15) is 13.2 Å². The number of hydrogen-bond acceptors (Lipinski definition) is 6. The average molecular weight is 421 g/mol. The van der Waals surface area contributed by atoms with Crippen LogP contribution in [-0.4, -0.2) is 29.3 Å². The lowest BCUT2D eigenvalue weighted by Gasteiger charge is -2.10. The maximum Gasteiger partial charge on any atom is 0.417 e. The molecule has 0 aromatic carbocycles. The first-order valence-electron chi connectivity index (χ1n) is 7.41. The Morgan fingerprint density at radius 3 is 2.59 bits per heavy atom. The summed E-state index contributed by atoms with van der Waals surface area (Å²) in [4.78, 5) is 39.0. The van der Waals surface area contributed by atoms with Gasteiger partial charge in [0.1, 0.15) is 0 Å². The van der Waals surface area contributed by atoms with Gasteiger partial charge in [0.2, 0.25) is 0 Å². The minimum absolute atomic E-state index is 0.0622. The van der Waals surface area contributed by atoms with Crippen LogP contribution in [0, 0.1) is 0 Å². The van der Waals surface area contributed by atoms with Gasteiger partial charge in [0.15, 0.2) is 18.2 Å². The van der Waals surface area contributed by atoms with Gasteiger partial charge >= 0.3 is 12.1 Å². The normalized spacial score (nSPS) is 11.1. The number of ketones is 1. The number of esters is 1. The number of rotatable bonds is 7. The summed E-state index contributed by atoms with van der Waals surface area (Å²) in [6.07, 6.45) is -4.37. The third-order valence-electron chi connectivity index (χ3n) is 3.14. The van der Waals surface area contributed by atoms with Crippen LogP contribution in [-0.2, 0) is 20.5 Å². The van der Waals surface area contributed by atoms with Crippen molar-refractivity contribution in [1.29, 1.82) is 0 Å². The van der Waals surface area contributed by atoms with Crippen LogP contribution in [0.4, 0.5) is 19.0 Å². The molecular weight excluding hydrogens is 409 g/mol. The highest BCUT2D eigenvalue weighted by atomic mass is 35.5. The largest absolute Gasteiger partial charge is 0.456 e. The van der Waals surface area contributed by atoms with E-state index in [1.54, 1.807) is 17.5 Å². The standard InChI is InChI=1S/C16H12ClF3N2O4S/c17-10-6-9(16(18,19)20)7-21-15(10)22-13(24)8-26-14(25)4-3-11(23)12-2-1-5-27-12/h1-2,5-7H,3-4,8H2,(H,21,22,24). The van der Waals surface area contributed by atoms with Gasteiger partial charge in [-0.1, -0.05) is 17.7 Å². The number of amides is 1. The number of halogens is 4. The van der Waals surface area contributed by atoms with Gasteiger partial charge in [-0.15, -0.1) is 11.3 Å². The first kappa shape index (κ1) is 20.8. The molecule has 144 valence electrons. The van der Waals surface area contributed by atoms with Gasteiger partial charge in [-0.3, -0.25) is 14.4 Å². The first-order valence-corrected chi connectivity index (χ1v) is 8.67. The number of carbonyl (C=O) groups excluding carboxylic acids is 3. The maximum atomic E-state index is 12.5. The van der Waals surface area contributed by atoms with Gasteiger partial charge in [0, 0.05) is 12.6 Å². The molecule has 2 aromatic rings. The Labute approximate surface area is 160 Å². The van der Waals surface area contributed by atoms with Gasteiger partial charge in [-0.25, -0.2) is 4.98 Å². The second kappa shape index (κ2) is 8.96. The van der Waals surface area contributed by atoms with E-state index in [0.29, 0.717) is 17.1 Å². The zero-order valence-electron chi connectivity index (χ0n) is 13.5. The fourth-order valence-electron chi connectivity index (χ4n) is 1.85. The Morgan fingerprint density at radius 2 is 2.00 bits per heavy atom. The lowest BCUT2D eigenvalue weighted by Crippen LogP contribution is -2.22. The lowest BCUT2D eigenvalue weighted by molar-refractivity contribution is -0.147. The third-order valence-corrected chi connectivity index (χ3v) is 4.34. The second-order valence-corrected chi connectivity index (χ2v) is 6.52. The number of hydrogen-bond donors (Lipinski definition) is 1. The van der Waals surface area contributed by atoms with Crippen molar-refractivity contribution < 1.29 is 32.3 Å². The summed E-state index contributed by atoms with van der Waals surface area (Å²) in [5.41, 5.74) is -1.06. The van der Waals surface area contributed by atoms with E-state index in [0.717, 1.165) is 0 Å². The van der Waals surface area contributed by atoms with Crippen LogP contribution >= 0.6 is 22.9 Å². The molecule has 27 heavy (non-hydrogen) atoms. The average Bonchev–Trinajstić information content (AvgIpc) is 3.13. The summed E-state index contributed by atoms with van der Waals surface area (Å²) in [5, 5.41) is 3.46. The van der Waals surface area contributed by atoms with Gasteiger partial charge in [0.25, 0.3) is 5.91 Å². The number of ether oxygens (including phenoxy) is 1. The molecular formula is C16H12ClF3N2O4S. The smallest absolute Gasteiger partial charge is 0.417 e. The van der Waals surface area contributed by atoms with Crippen LogP contribution in [0.25, 0.3) is 0 Å². The van der Waals surface area contributed by atoms with Crippen molar-refractivity contribution >= 4 is 46.4 Å². The van der Waals surface area contributed by atoms with Crippen LogP contribution in [0.5, 0.6) is 0 Å². The van der Waals surface area contributed by atoms with Crippen molar-refractivity contribution in [2.75, 3.05) is 11.9 Å². The Kier molecular flexibility index (Phi) is 6.92. The molecule has 0 spiro atoms. The zero-order valence-corrected chi connectivity index (χ0v) is 15.1. The predicted molar refractivity (Wildman–Crippen MR) is 91.7 cm³/mol. The first-order chi connectivity index (χ1) is 12.7. The molecule has 0 saturated carbocycles. The summed E-state index contributed by atoms with van der Waals surface area (Å²) in [7, 11) is 0. The molecule has 0 atom stereocenters. The van der Waals surface area contributed by atoms with Crippen LogP contribution < -0.4 is 5.32 Å². The summed E-state index contributed by atoms with van der Waals surface area (Å²) >= 11 is 6.90. The monoisotopic (exact) mass is 420 g/mol. The molecule has 0 aliphatic rings. The number of anilines is 1. The highest BCUT2D eigenvalue weighted by Gasteiger charge is 2.31. The molecule has 0 fully saturated rings. The number of aromatic nitrogens is 1. The zero-order chi connectivity index (χ0) is 20.0. The molecule has 0 aliphatic heterocycles. The summed E-state index contributed by atoms with van der Waals surface area (Å²) in [6, 6.07) is 3.96. The molecule has 0 bridgehead atoms. The molecule has 0 radical (unpaired) electrons. The number of Topliss-reactive ketones (excluding diaryl/α,β-unsaturated/α-hetero) is 1. The summed E-state index contributed by atoms with van der Waals surface area (Å²) < 4.78 is 42.3. The molecule has 1 N–H and O–H groups in total. The van der Waals surface area contributed by atoms with E-state index in [1.165, 1.54) is 11.3 Å². The molecule has 0 saturated heterocycles. The van der Waals surface area contributed by atoms with Gasteiger partial charge < -0.3 is 10.1 Å². The summed E-state index contributed by atoms with van der Waals surface area (Å²) in [5.74, 6) is -2.10. The van der Waals surface area contributed by atoms with Crippen LogP contribution in [0.3, 0.4) is 0 Å². The van der Waals surface area contributed by atoms with Crippen molar-refractivity contribution in [3.05, 3.63) is 45.2 Å². The van der Waals surface area contributed by atoms with E-state index in [2.05, 4.69) is 10.3 Å². The molecule has 2 rings (SSSR count). The van der Waals surface area contributed by atoms with Crippen molar-refractivity contribution in [2.24, 2.45) is 0 Å². The molecule has 0 unspecified atom stereocenters. The van der Waals surface area contributed by atoms with E-state index >= 15 is 0 Å². The maximum absolute atomic E-state index is 12.5. The fraction of sp³-hybridized carbons (Fsp3) is 0.250. The molecule has 2 heterocycles. The minimum atomic E-state index is -4.62. The highest BCUT2D eigenvalue weighted by Crippen LogP contribution is 2.32. The predicted octanol–water partition coefficient (Wildman–Crippen LogP) is 3.96. The van der Waals surface area contributed by atoms with Gasteiger partial charge in [-0.05, 0) is 17.5 Å². The van der Waals surface area contributed by atoms with Gasteiger partial charge in [0.05, 0.1) is 21.9 Å². The van der Waals surface area contributed by atoms with Crippen molar-refractivity contribution in [3.63, 3.8) is 0 Å². The van der Waals surface area contributed by atoms with E-state index in [9.17, 15) is 27.6 Å². The Balaban J connectivity index is 1.79. The Hall–Kier alpha value is -2.46. The molecule has 6 nitrogen and oxygen atoms in total. The van der Waals surface area contributed by atoms with Crippen molar-refractivity contribution in [1.82, 2.24) is 4.98 Å². The number of thiophene rings is 1. The summed E-state index contributed by atoms with van der Waals surface area (Å²) in [6.45, 7) is -0.689. The molecule has 0 aliphatic carbocycles. The molecule has 2 aromatic heterocycles. The lowest BCUT2D eigenvalue weighted by atomic mass is 10.2. The van der Waals surface area contributed by atoms with E-state index in [4.69, 9.17) is 16.3 Å². The SMILES string of the molecule is O=C(COC(=O)CCC(=O)c1cccs1)Nc1ncc(C(F)(F)F)cc1Cl. The quantitative estimate of drug-likeness (QED) is 0.541.